The van der Waals surface area contributed by atoms with Gasteiger partial charge < -0.3 is 5.32 Å². The molecular formula is C8H6BrF3N2O. The number of alkyl halides is 3. The number of aryl methyl sites for hydroxylation is 1. The van der Waals surface area contributed by atoms with Crippen LogP contribution in [0.1, 0.15) is 5.56 Å². The predicted molar refractivity (Wildman–Crippen MR) is 51.4 cm³/mol. The molecule has 1 N–H and O–H groups in total. The van der Waals surface area contributed by atoms with Gasteiger partial charge in [-0.2, -0.15) is 13.2 Å². The Hall–Kier alpha value is -1.11. The van der Waals surface area contributed by atoms with Crippen molar-refractivity contribution >= 4 is 27.5 Å². The van der Waals surface area contributed by atoms with Crippen molar-refractivity contribution in [1.29, 1.82) is 0 Å². The highest BCUT2D eigenvalue weighted by Gasteiger charge is 2.38. The Morgan fingerprint density at radius 2 is 2.13 bits per heavy atom. The highest BCUT2D eigenvalue weighted by atomic mass is 79.9. The summed E-state index contributed by atoms with van der Waals surface area (Å²) in [6.07, 6.45) is -3.75. The van der Waals surface area contributed by atoms with Crippen LogP contribution in [0.25, 0.3) is 0 Å². The zero-order valence-corrected chi connectivity index (χ0v) is 9.11. The summed E-state index contributed by atoms with van der Waals surface area (Å²) in [4.78, 5) is 14.3. The van der Waals surface area contributed by atoms with Gasteiger partial charge in [0, 0.05) is 0 Å². The summed E-state index contributed by atoms with van der Waals surface area (Å²) in [7, 11) is 0. The molecule has 82 valence electrons. The Balaban J connectivity index is 2.83. The van der Waals surface area contributed by atoms with E-state index in [9.17, 15) is 18.0 Å². The third kappa shape index (κ3) is 3.19. The van der Waals surface area contributed by atoms with Crippen LogP contribution < -0.4 is 5.32 Å². The Morgan fingerprint density at radius 3 is 2.60 bits per heavy atom. The van der Waals surface area contributed by atoms with Crippen molar-refractivity contribution in [1.82, 2.24) is 4.98 Å². The minimum atomic E-state index is -4.89. The average Bonchev–Trinajstić information content (AvgIpc) is 2.10. The lowest BCUT2D eigenvalue weighted by atomic mass is 10.3. The zero-order valence-electron chi connectivity index (χ0n) is 7.52. The normalized spacial score (nSPS) is 11.3. The molecule has 0 atom stereocenters. The molecule has 15 heavy (non-hydrogen) atoms. The topological polar surface area (TPSA) is 42.0 Å². The number of aromatic nitrogens is 1. The van der Waals surface area contributed by atoms with Crippen LogP contribution in [0.5, 0.6) is 0 Å². The fourth-order valence-corrected chi connectivity index (χ4v) is 1.05. The van der Waals surface area contributed by atoms with Crippen LogP contribution in [0.2, 0.25) is 0 Å². The molecule has 0 aliphatic rings. The van der Waals surface area contributed by atoms with Gasteiger partial charge in [-0.25, -0.2) is 4.98 Å². The Labute approximate surface area is 91.8 Å². The maximum Gasteiger partial charge on any atom is 0.471 e. The molecule has 1 aromatic rings. The van der Waals surface area contributed by atoms with Crippen molar-refractivity contribution in [2.45, 2.75) is 13.1 Å². The number of halogens is 4. The maximum absolute atomic E-state index is 11.9. The third-order valence-electron chi connectivity index (χ3n) is 1.53. The average molecular weight is 283 g/mol. The van der Waals surface area contributed by atoms with E-state index in [1.54, 1.807) is 12.2 Å². The Bertz CT molecular complexity index is 392. The van der Waals surface area contributed by atoms with Crippen molar-refractivity contribution in [3.05, 3.63) is 22.4 Å². The van der Waals surface area contributed by atoms with E-state index in [-0.39, 0.29) is 5.69 Å². The van der Waals surface area contributed by atoms with Crippen molar-refractivity contribution in [3.63, 3.8) is 0 Å². The van der Waals surface area contributed by atoms with E-state index in [1.165, 1.54) is 6.07 Å². The molecule has 7 heteroatoms. The molecule has 0 aromatic carbocycles. The van der Waals surface area contributed by atoms with Crippen molar-refractivity contribution in [2.24, 2.45) is 0 Å². The molecule has 0 saturated heterocycles. The summed E-state index contributed by atoms with van der Waals surface area (Å²) in [5.74, 6) is -2.01. The monoisotopic (exact) mass is 282 g/mol. The second kappa shape index (κ2) is 4.18. The summed E-state index contributed by atoms with van der Waals surface area (Å²) in [5.41, 5.74) is 0.646. The minimum Gasteiger partial charge on any atom is -0.317 e. The summed E-state index contributed by atoms with van der Waals surface area (Å²) in [5, 5.41) is 1.70. The summed E-state index contributed by atoms with van der Waals surface area (Å²) in [6, 6.07) is 1.39. The SMILES string of the molecule is Cc1cc(NC(=O)C(F)(F)F)cnc1Br. The fraction of sp³-hybridized carbons (Fsp3) is 0.250. The van der Waals surface area contributed by atoms with Gasteiger partial charge in [-0.15, -0.1) is 0 Å². The first kappa shape index (κ1) is 12.0. The Kier molecular flexibility index (Phi) is 3.33. The molecule has 1 heterocycles. The number of amides is 1. The van der Waals surface area contributed by atoms with E-state index in [1.807, 2.05) is 0 Å². The first-order chi connectivity index (χ1) is 6.80. The van der Waals surface area contributed by atoms with E-state index in [4.69, 9.17) is 0 Å². The van der Waals surface area contributed by atoms with Crippen LogP contribution in [0.15, 0.2) is 16.9 Å². The number of nitrogens with one attached hydrogen (secondary N) is 1. The summed E-state index contributed by atoms with van der Waals surface area (Å²) >= 11 is 3.09. The number of nitrogens with zero attached hydrogens (tertiary/aromatic N) is 1. The quantitative estimate of drug-likeness (QED) is 0.805. The van der Waals surface area contributed by atoms with Crippen LogP contribution >= 0.6 is 15.9 Å². The first-order valence-corrected chi connectivity index (χ1v) is 4.60. The van der Waals surface area contributed by atoms with Crippen LogP contribution in [0.4, 0.5) is 18.9 Å². The molecule has 1 aromatic heterocycles. The van der Waals surface area contributed by atoms with Gasteiger partial charge in [0.1, 0.15) is 4.60 Å². The third-order valence-corrected chi connectivity index (χ3v) is 2.36. The van der Waals surface area contributed by atoms with Gasteiger partial charge in [-0.05, 0) is 34.5 Å². The second-order valence-corrected chi connectivity index (χ2v) is 3.53. The number of rotatable bonds is 1. The molecule has 0 unspecified atom stereocenters. The predicted octanol–water partition coefficient (Wildman–Crippen LogP) is 2.65. The van der Waals surface area contributed by atoms with Crippen molar-refractivity contribution in [2.75, 3.05) is 5.32 Å². The van der Waals surface area contributed by atoms with Gasteiger partial charge in [0.15, 0.2) is 0 Å². The van der Waals surface area contributed by atoms with E-state index in [2.05, 4.69) is 20.9 Å². The molecule has 0 fully saturated rings. The highest BCUT2D eigenvalue weighted by Crippen LogP contribution is 2.20. The van der Waals surface area contributed by atoms with E-state index < -0.39 is 12.1 Å². The lowest BCUT2D eigenvalue weighted by Gasteiger charge is -2.08. The smallest absolute Gasteiger partial charge is 0.317 e. The highest BCUT2D eigenvalue weighted by molar-refractivity contribution is 9.10. The molecule has 1 rings (SSSR count). The largest absolute Gasteiger partial charge is 0.471 e. The molecule has 0 aliphatic carbocycles. The number of hydrogen-bond donors (Lipinski definition) is 1. The van der Waals surface area contributed by atoms with Gasteiger partial charge in [0.05, 0.1) is 11.9 Å². The standard InChI is InChI=1S/C8H6BrF3N2O/c1-4-2-5(3-13-6(4)9)14-7(15)8(10,11)12/h2-3H,1H3,(H,14,15). The number of carbonyl (C=O) groups excluding carboxylic acids is 1. The molecule has 0 aliphatic heterocycles. The number of carbonyl (C=O) groups is 1. The number of hydrogen-bond acceptors (Lipinski definition) is 2. The van der Waals surface area contributed by atoms with Gasteiger partial charge in [-0.1, -0.05) is 0 Å². The zero-order chi connectivity index (χ0) is 11.6. The summed E-state index contributed by atoms with van der Waals surface area (Å²) < 4.78 is 36.1. The number of anilines is 1. The van der Waals surface area contributed by atoms with Crippen LogP contribution in [-0.2, 0) is 4.79 Å². The van der Waals surface area contributed by atoms with Crippen molar-refractivity contribution in [3.8, 4) is 0 Å². The molecular weight excluding hydrogens is 277 g/mol. The van der Waals surface area contributed by atoms with Crippen LogP contribution in [-0.4, -0.2) is 17.1 Å². The van der Waals surface area contributed by atoms with E-state index in [0.29, 0.717) is 10.2 Å². The van der Waals surface area contributed by atoms with E-state index in [0.717, 1.165) is 6.20 Å². The van der Waals surface area contributed by atoms with Crippen LogP contribution in [0.3, 0.4) is 0 Å². The molecule has 0 saturated carbocycles. The molecule has 3 nitrogen and oxygen atoms in total. The fourth-order valence-electron chi connectivity index (χ4n) is 0.828. The van der Waals surface area contributed by atoms with Crippen LogP contribution in [0, 0.1) is 6.92 Å². The minimum absolute atomic E-state index is 0.0121. The number of pyridine rings is 1. The molecule has 0 spiro atoms. The van der Waals surface area contributed by atoms with E-state index >= 15 is 0 Å². The van der Waals surface area contributed by atoms with Gasteiger partial charge in [0.25, 0.3) is 0 Å². The Morgan fingerprint density at radius 1 is 1.53 bits per heavy atom. The van der Waals surface area contributed by atoms with Gasteiger partial charge in [0.2, 0.25) is 0 Å². The molecule has 0 bridgehead atoms. The lowest BCUT2D eigenvalue weighted by molar-refractivity contribution is -0.167. The first-order valence-electron chi connectivity index (χ1n) is 3.81. The van der Waals surface area contributed by atoms with Crippen molar-refractivity contribution < 1.29 is 18.0 Å². The maximum atomic E-state index is 11.9. The summed E-state index contributed by atoms with van der Waals surface area (Å²) in [6.45, 7) is 1.65. The van der Waals surface area contributed by atoms with Gasteiger partial charge in [-0.3, -0.25) is 4.79 Å². The second-order valence-electron chi connectivity index (χ2n) is 2.78. The molecule has 1 amide bonds. The lowest BCUT2D eigenvalue weighted by Crippen LogP contribution is -2.29. The molecule has 0 radical (unpaired) electrons. The van der Waals surface area contributed by atoms with Gasteiger partial charge >= 0.3 is 12.1 Å².